The first-order valence-electron chi connectivity index (χ1n) is 18.1. The van der Waals surface area contributed by atoms with Crippen molar-refractivity contribution in [1.29, 1.82) is 5.26 Å². The van der Waals surface area contributed by atoms with Gasteiger partial charge in [-0.05, 0) is 77.3 Å². The van der Waals surface area contributed by atoms with E-state index in [0.717, 1.165) is 0 Å². The van der Waals surface area contributed by atoms with Crippen molar-refractivity contribution in [2.24, 2.45) is 10.2 Å². The predicted molar refractivity (Wildman–Crippen MR) is 197 cm³/mol. The quantitative estimate of drug-likeness (QED) is 0.0366. The molecule has 2 N–H and O–H groups in total. The SMILES string of the molecule is CCN(CCCCS(=O)(=O)[O-])C1CCC(N=Nc2c(C#N)cnn2C2C(Cl)CC(NCOC3CC(S(=O)(=O)[O-])CC(S(=O)(=O)[O-])C3)CC2Cl)C(NC(C)=O)C1.[K+].[K+].[K+]. The van der Waals surface area contributed by atoms with Crippen LogP contribution in [-0.2, 0) is 39.9 Å². The van der Waals surface area contributed by atoms with Crippen molar-refractivity contribution in [3.63, 3.8) is 0 Å². The molecule has 19 nitrogen and oxygen atoms in total. The Morgan fingerprint density at radius 2 is 1.59 bits per heavy atom. The maximum atomic E-state index is 12.2. The van der Waals surface area contributed by atoms with Gasteiger partial charge in [0.25, 0.3) is 0 Å². The molecule has 0 saturated heterocycles. The van der Waals surface area contributed by atoms with E-state index in [1.54, 1.807) is 0 Å². The fraction of sp³-hybridized carbons (Fsp3) is 0.839. The Labute approximate surface area is 478 Å². The minimum Gasteiger partial charge on any atom is -0.748 e. The molecule has 3 aliphatic rings. The van der Waals surface area contributed by atoms with Gasteiger partial charge in [-0.15, -0.1) is 28.3 Å². The van der Waals surface area contributed by atoms with Crippen LogP contribution < -0.4 is 165 Å². The number of nitrogens with one attached hydrogen (secondary N) is 2. The molecule has 58 heavy (non-hydrogen) atoms. The Bertz CT molecular complexity index is 1850. The predicted octanol–water partition coefficient (Wildman–Crippen LogP) is -7.21. The van der Waals surface area contributed by atoms with E-state index >= 15 is 0 Å². The molecule has 0 spiro atoms. The molecule has 1 heterocycles. The Balaban J connectivity index is 0.00000561. The summed E-state index contributed by atoms with van der Waals surface area (Å²) in [5.74, 6) is -0.517. The van der Waals surface area contributed by atoms with Gasteiger partial charge in [0.15, 0.2) is 5.82 Å². The number of hydrogen-bond donors (Lipinski definition) is 2. The van der Waals surface area contributed by atoms with Crippen molar-refractivity contribution in [3.8, 4) is 6.07 Å². The van der Waals surface area contributed by atoms with Crippen LogP contribution in [0.3, 0.4) is 0 Å². The second kappa shape index (κ2) is 26.9. The summed E-state index contributed by atoms with van der Waals surface area (Å²) in [6.45, 7) is 4.51. The maximum Gasteiger partial charge on any atom is 1.00 e. The van der Waals surface area contributed by atoms with Gasteiger partial charge in [-0.1, -0.05) is 6.92 Å². The molecule has 0 aromatic carbocycles. The molecular formula is C31H47Cl2K3N8O11S3. The summed E-state index contributed by atoms with van der Waals surface area (Å²) in [7, 11) is -14.0. The number of carbonyl (C=O) groups excluding carboxylic acids is 1. The van der Waals surface area contributed by atoms with E-state index in [9.17, 15) is 49.0 Å². The first-order chi connectivity index (χ1) is 25.7. The zero-order valence-electron chi connectivity index (χ0n) is 33.4. The van der Waals surface area contributed by atoms with E-state index in [1.807, 2.05) is 6.92 Å². The molecule has 1 aromatic rings. The molecule has 27 heteroatoms. The standard InChI is InChI=1S/C31H50Cl2N8O11S3.3K/c1-3-40(8-4-5-9-53(43,44)45)22-6-7-28(29(12-22)37-19(2)42)38-39-31-20(16-34)17-36-41(31)30-26(32)10-21(11-27(30)33)35-18-52-23-13-24(54(46,47)48)15-25(14-23)55(49,50)51;;;/h17,21-30,35H,3-15,18H2,1-2H3,(H,37,42)(H,43,44,45)(H,46,47,48)(H,49,50,51);;;/q;3*+1/p-3. The molecule has 0 bridgehead atoms. The summed E-state index contributed by atoms with van der Waals surface area (Å²) >= 11 is 13.7. The van der Waals surface area contributed by atoms with Crippen molar-refractivity contribution < 1.29 is 203 Å². The number of alkyl halides is 2. The molecule has 3 saturated carbocycles. The number of amides is 1. The van der Waals surface area contributed by atoms with Crippen LogP contribution in [-0.4, -0.2) is 137 Å². The third kappa shape index (κ3) is 18.3. The Hall–Kier alpha value is 2.87. The van der Waals surface area contributed by atoms with Crippen LogP contribution in [0.2, 0.25) is 0 Å². The van der Waals surface area contributed by atoms with Crippen LogP contribution >= 0.6 is 23.2 Å². The number of hydrogen-bond acceptors (Lipinski definition) is 17. The summed E-state index contributed by atoms with van der Waals surface area (Å²) in [6.07, 6.45) is 2.60. The van der Waals surface area contributed by atoms with E-state index in [2.05, 4.69) is 36.9 Å². The molecule has 0 radical (unpaired) electrons. The normalized spacial score (nSPS) is 29.4. The van der Waals surface area contributed by atoms with Gasteiger partial charge < -0.3 is 28.6 Å². The monoisotopic (exact) mass is 990 g/mol. The molecule has 7 atom stereocenters. The van der Waals surface area contributed by atoms with Gasteiger partial charge in [-0.2, -0.15) is 15.5 Å². The topological polar surface area (TPSA) is 292 Å². The Kier molecular flexibility index (Phi) is 27.3. The van der Waals surface area contributed by atoms with Gasteiger partial charge in [0, 0.05) is 24.8 Å². The van der Waals surface area contributed by atoms with E-state index in [-0.39, 0.29) is 216 Å². The Morgan fingerprint density at radius 3 is 2.10 bits per heavy atom. The van der Waals surface area contributed by atoms with Crippen LogP contribution in [0.1, 0.15) is 89.7 Å². The second-order valence-corrected chi connectivity index (χ2v) is 20.3. The average molecular weight is 992 g/mol. The van der Waals surface area contributed by atoms with Gasteiger partial charge in [0.05, 0.1) is 88.8 Å². The third-order valence-corrected chi connectivity index (χ3v) is 14.6. The molecule has 7 unspecified atom stereocenters. The molecule has 3 fully saturated rings. The number of aromatic nitrogens is 2. The van der Waals surface area contributed by atoms with Gasteiger partial charge in [0.1, 0.15) is 11.6 Å². The number of nitriles is 1. The molecule has 1 aromatic heterocycles. The van der Waals surface area contributed by atoms with Crippen molar-refractivity contribution in [2.75, 3.05) is 25.6 Å². The van der Waals surface area contributed by atoms with E-state index < -0.39 is 82.0 Å². The molecular weight excluding hydrogens is 945 g/mol. The number of azo groups is 1. The molecule has 1 amide bonds. The molecule has 312 valence electrons. The maximum absolute atomic E-state index is 12.2. The molecule has 0 aliphatic heterocycles. The van der Waals surface area contributed by atoms with Gasteiger partial charge in [-0.3, -0.25) is 10.1 Å². The number of ether oxygens (including phenoxy) is 1. The van der Waals surface area contributed by atoms with Gasteiger partial charge >= 0.3 is 154 Å². The molecule has 3 aliphatic carbocycles. The minimum atomic E-state index is -4.85. The summed E-state index contributed by atoms with van der Waals surface area (Å²) in [6, 6.07) is 0.384. The van der Waals surface area contributed by atoms with Crippen LogP contribution in [0.15, 0.2) is 16.4 Å². The summed E-state index contributed by atoms with van der Waals surface area (Å²) in [5.41, 5.74) is 0.136. The first-order valence-corrected chi connectivity index (χ1v) is 23.4. The van der Waals surface area contributed by atoms with Crippen molar-refractivity contribution in [2.45, 2.75) is 136 Å². The van der Waals surface area contributed by atoms with Crippen molar-refractivity contribution >= 4 is 65.3 Å². The van der Waals surface area contributed by atoms with Gasteiger partial charge in [-0.25, -0.2) is 29.9 Å². The van der Waals surface area contributed by atoms with E-state index in [1.165, 1.54) is 17.8 Å². The fourth-order valence-corrected chi connectivity index (χ4v) is 11.4. The van der Waals surface area contributed by atoms with Crippen LogP contribution in [0.4, 0.5) is 5.82 Å². The summed E-state index contributed by atoms with van der Waals surface area (Å²) < 4.78 is 110. The fourth-order valence-electron chi connectivity index (χ4n) is 7.77. The first kappa shape index (κ1) is 58.9. The van der Waals surface area contributed by atoms with Crippen molar-refractivity contribution in [1.82, 2.24) is 25.3 Å². The zero-order chi connectivity index (χ0) is 40.7. The Morgan fingerprint density at radius 1 is 0.983 bits per heavy atom. The number of unbranched alkanes of at least 4 members (excludes halogenated alkanes) is 1. The number of rotatable bonds is 17. The number of carbonyl (C=O) groups is 1. The minimum absolute atomic E-state index is 0. The van der Waals surface area contributed by atoms with Crippen LogP contribution in [0.5, 0.6) is 0 Å². The van der Waals surface area contributed by atoms with Crippen molar-refractivity contribution in [3.05, 3.63) is 11.8 Å². The summed E-state index contributed by atoms with van der Waals surface area (Å²) in [5, 5.41) is 25.0. The van der Waals surface area contributed by atoms with Crippen LogP contribution in [0.25, 0.3) is 0 Å². The largest absolute Gasteiger partial charge is 1.00 e. The summed E-state index contributed by atoms with van der Waals surface area (Å²) in [4.78, 5) is 14.4. The number of nitrogens with zero attached hydrogens (tertiary/aromatic N) is 6. The van der Waals surface area contributed by atoms with E-state index in [0.29, 0.717) is 51.6 Å². The average Bonchev–Trinajstić information content (AvgIpc) is 3.48. The zero-order valence-corrected chi connectivity index (χ0v) is 46.7. The second-order valence-electron chi connectivity index (χ2n) is 14.4. The molecule has 4 rings (SSSR count). The smallest absolute Gasteiger partial charge is 0.748 e. The third-order valence-electron chi connectivity index (χ3n) is 10.5. The van der Waals surface area contributed by atoms with Gasteiger partial charge in [0.2, 0.25) is 5.91 Å². The van der Waals surface area contributed by atoms with E-state index in [4.69, 9.17) is 27.9 Å². The number of halogens is 2. The van der Waals surface area contributed by atoms with Crippen LogP contribution in [0, 0.1) is 11.3 Å².